The molecule has 0 fully saturated rings. The molecule has 1 N–H and O–H groups in total. The first-order valence-electron chi connectivity index (χ1n) is 9.10. The Balaban J connectivity index is 1.52. The van der Waals surface area contributed by atoms with Crippen LogP contribution in [-0.4, -0.2) is 30.0 Å². The van der Waals surface area contributed by atoms with Gasteiger partial charge in [0.1, 0.15) is 5.82 Å². The fourth-order valence-electron chi connectivity index (χ4n) is 3.29. The second-order valence-corrected chi connectivity index (χ2v) is 7.09. The summed E-state index contributed by atoms with van der Waals surface area (Å²) in [6.45, 7) is -0.657. The van der Waals surface area contributed by atoms with Gasteiger partial charge in [-0.1, -0.05) is 48.0 Å². The second-order valence-electron chi connectivity index (χ2n) is 6.69. The van der Waals surface area contributed by atoms with Crippen LogP contribution in [0.3, 0.4) is 0 Å². The molecule has 0 unspecified atom stereocenters. The van der Waals surface area contributed by atoms with Crippen molar-refractivity contribution in [2.75, 3.05) is 11.9 Å². The number of fused-ring (bicyclic) bond motifs is 2. The predicted octanol–water partition coefficient (Wildman–Crippen LogP) is 4.05. The number of hydrogen-bond acceptors (Lipinski definition) is 5. The lowest BCUT2D eigenvalue weighted by molar-refractivity contribution is -0.119. The maximum Gasteiger partial charge on any atom is 0.339 e. The summed E-state index contributed by atoms with van der Waals surface area (Å²) < 4.78 is 18.2. The van der Waals surface area contributed by atoms with Crippen molar-refractivity contribution >= 4 is 40.7 Å². The molecule has 154 valence electrons. The van der Waals surface area contributed by atoms with Crippen LogP contribution in [0, 0.1) is 5.82 Å². The summed E-state index contributed by atoms with van der Waals surface area (Å²) in [6, 6.07) is 14.2. The molecule has 0 spiro atoms. The predicted molar refractivity (Wildman–Crippen MR) is 110 cm³/mol. The number of hydrogen-bond donors (Lipinski definition) is 1. The average Bonchev–Trinajstić information content (AvgIpc) is 2.78. The van der Waals surface area contributed by atoms with Gasteiger partial charge in [0.2, 0.25) is 0 Å². The van der Waals surface area contributed by atoms with E-state index in [0.717, 1.165) is 6.07 Å². The van der Waals surface area contributed by atoms with E-state index in [4.69, 9.17) is 16.3 Å². The van der Waals surface area contributed by atoms with Crippen LogP contribution in [0.2, 0.25) is 5.02 Å². The Kier molecular flexibility index (Phi) is 5.35. The van der Waals surface area contributed by atoms with Crippen molar-refractivity contribution in [2.24, 2.45) is 0 Å². The van der Waals surface area contributed by atoms with Gasteiger partial charge in [0.15, 0.2) is 18.2 Å². The maximum absolute atomic E-state index is 13.2. The second kappa shape index (κ2) is 8.12. The number of anilines is 1. The van der Waals surface area contributed by atoms with Crippen molar-refractivity contribution in [3.8, 4) is 0 Å². The first-order valence-corrected chi connectivity index (χ1v) is 9.48. The number of benzene rings is 3. The van der Waals surface area contributed by atoms with Crippen LogP contribution in [0.25, 0.3) is 0 Å². The number of ether oxygens (including phenoxy) is 1. The van der Waals surface area contributed by atoms with Crippen molar-refractivity contribution < 1.29 is 28.3 Å². The topological polar surface area (TPSA) is 89.5 Å². The lowest BCUT2D eigenvalue weighted by atomic mass is 9.82. The van der Waals surface area contributed by atoms with Gasteiger partial charge in [-0.15, -0.1) is 0 Å². The lowest BCUT2D eigenvalue weighted by Gasteiger charge is -2.19. The molecule has 0 saturated heterocycles. The van der Waals surface area contributed by atoms with E-state index in [1.165, 1.54) is 36.4 Å². The third-order valence-corrected chi connectivity index (χ3v) is 5.00. The van der Waals surface area contributed by atoms with Crippen LogP contribution in [0.4, 0.5) is 10.1 Å². The summed E-state index contributed by atoms with van der Waals surface area (Å²) in [7, 11) is 0. The third-order valence-electron chi connectivity index (χ3n) is 4.71. The largest absolute Gasteiger partial charge is 0.452 e. The Morgan fingerprint density at radius 3 is 2.29 bits per heavy atom. The number of carbonyl (C=O) groups excluding carboxylic acids is 4. The number of carbonyl (C=O) groups is 4. The molecule has 1 aliphatic carbocycles. The standard InChI is InChI=1S/C23H13ClFNO5/c24-17-10-12(8-9-18(17)25)26-19(27)11-31-23(30)16-7-3-6-15-20(16)22(29)14-5-2-1-4-13(14)21(15)28/h1-10H,11H2,(H,26,27). The van der Waals surface area contributed by atoms with E-state index in [1.54, 1.807) is 18.2 Å². The highest BCUT2D eigenvalue weighted by Crippen LogP contribution is 2.29. The van der Waals surface area contributed by atoms with Crippen molar-refractivity contribution in [2.45, 2.75) is 0 Å². The Morgan fingerprint density at radius 2 is 1.58 bits per heavy atom. The van der Waals surface area contributed by atoms with Crippen molar-refractivity contribution in [3.05, 3.63) is 99.3 Å². The lowest BCUT2D eigenvalue weighted by Crippen LogP contribution is -2.26. The minimum Gasteiger partial charge on any atom is -0.452 e. The number of nitrogens with one attached hydrogen (secondary N) is 1. The highest BCUT2D eigenvalue weighted by Gasteiger charge is 2.33. The van der Waals surface area contributed by atoms with Gasteiger partial charge in [0.25, 0.3) is 5.91 Å². The first kappa shape index (κ1) is 20.4. The smallest absolute Gasteiger partial charge is 0.339 e. The van der Waals surface area contributed by atoms with E-state index in [2.05, 4.69) is 5.32 Å². The van der Waals surface area contributed by atoms with Crippen LogP contribution in [0.1, 0.15) is 42.2 Å². The third kappa shape index (κ3) is 3.83. The van der Waals surface area contributed by atoms with Gasteiger partial charge in [-0.2, -0.15) is 0 Å². The van der Waals surface area contributed by atoms with E-state index in [0.29, 0.717) is 0 Å². The average molecular weight is 438 g/mol. The summed E-state index contributed by atoms with van der Waals surface area (Å²) in [4.78, 5) is 50.3. The number of amides is 1. The zero-order chi connectivity index (χ0) is 22.1. The van der Waals surface area contributed by atoms with Gasteiger partial charge in [-0.3, -0.25) is 14.4 Å². The minimum absolute atomic E-state index is 0.0538. The fraction of sp³-hybridized carbons (Fsp3) is 0.0435. The molecule has 0 radical (unpaired) electrons. The van der Waals surface area contributed by atoms with Crippen LogP contribution in [0.15, 0.2) is 60.7 Å². The highest BCUT2D eigenvalue weighted by atomic mass is 35.5. The molecule has 0 atom stereocenters. The summed E-state index contributed by atoms with van der Waals surface area (Å²) in [6.07, 6.45) is 0. The Bertz CT molecular complexity index is 1270. The van der Waals surface area contributed by atoms with Crippen LogP contribution in [-0.2, 0) is 9.53 Å². The van der Waals surface area contributed by atoms with Crippen LogP contribution >= 0.6 is 11.6 Å². The molecule has 1 amide bonds. The zero-order valence-corrected chi connectivity index (χ0v) is 16.5. The van der Waals surface area contributed by atoms with Gasteiger partial charge in [0.05, 0.1) is 10.6 Å². The molecule has 0 saturated carbocycles. The van der Waals surface area contributed by atoms with Crippen LogP contribution in [0.5, 0.6) is 0 Å². The Morgan fingerprint density at radius 1 is 0.903 bits per heavy atom. The van der Waals surface area contributed by atoms with Crippen molar-refractivity contribution in [1.29, 1.82) is 0 Å². The number of ketones is 2. The van der Waals surface area contributed by atoms with Crippen molar-refractivity contribution in [3.63, 3.8) is 0 Å². The first-order chi connectivity index (χ1) is 14.9. The molecule has 8 heteroatoms. The number of halogens is 2. The molecule has 4 rings (SSSR count). The van der Waals surface area contributed by atoms with Crippen LogP contribution < -0.4 is 5.32 Å². The summed E-state index contributed by atoms with van der Waals surface area (Å²) in [5.41, 5.74) is 0.629. The van der Waals surface area contributed by atoms with Gasteiger partial charge in [0, 0.05) is 27.9 Å². The molecule has 0 aromatic heterocycles. The van der Waals surface area contributed by atoms with E-state index in [-0.39, 0.29) is 44.3 Å². The maximum atomic E-state index is 13.2. The molecule has 6 nitrogen and oxygen atoms in total. The molecular weight excluding hydrogens is 425 g/mol. The number of esters is 1. The van der Waals surface area contributed by atoms with E-state index in [9.17, 15) is 23.6 Å². The van der Waals surface area contributed by atoms with E-state index in [1.807, 2.05) is 0 Å². The Labute approximate surface area is 180 Å². The fourth-order valence-corrected chi connectivity index (χ4v) is 3.48. The molecule has 31 heavy (non-hydrogen) atoms. The molecule has 0 bridgehead atoms. The van der Waals surface area contributed by atoms with Gasteiger partial charge < -0.3 is 10.1 Å². The van der Waals surface area contributed by atoms with Gasteiger partial charge in [-0.05, 0) is 24.3 Å². The quantitative estimate of drug-likeness (QED) is 0.486. The molecule has 3 aromatic carbocycles. The van der Waals surface area contributed by atoms with Gasteiger partial charge in [-0.25, -0.2) is 9.18 Å². The minimum atomic E-state index is -0.926. The van der Waals surface area contributed by atoms with Crippen molar-refractivity contribution in [1.82, 2.24) is 0 Å². The molecule has 1 aliphatic rings. The monoisotopic (exact) mass is 437 g/mol. The molecule has 3 aromatic rings. The zero-order valence-electron chi connectivity index (χ0n) is 15.8. The summed E-state index contributed by atoms with van der Waals surface area (Å²) in [5, 5.41) is 2.25. The van der Waals surface area contributed by atoms with E-state index < -0.39 is 30.1 Å². The van der Waals surface area contributed by atoms with Gasteiger partial charge >= 0.3 is 5.97 Å². The molecule has 0 heterocycles. The summed E-state index contributed by atoms with van der Waals surface area (Å²) in [5.74, 6) is -3.09. The molecule has 0 aliphatic heterocycles. The molecular formula is C23H13ClFNO5. The highest BCUT2D eigenvalue weighted by molar-refractivity contribution is 6.31. The van der Waals surface area contributed by atoms with E-state index >= 15 is 0 Å². The normalized spacial score (nSPS) is 12.1. The number of rotatable bonds is 4. The Hall–Kier alpha value is -3.84. The SMILES string of the molecule is O=C(COC(=O)c1cccc2c1C(=O)c1ccccc1C2=O)Nc1ccc(F)c(Cl)c1. The summed E-state index contributed by atoms with van der Waals surface area (Å²) >= 11 is 5.66.